The number of nitrogens with one attached hydrogen (secondary N) is 2. The molecule has 8 nitrogen and oxygen atoms in total. The molecule has 1 aliphatic rings. The largest absolute Gasteiger partial charge is 0.394 e. The fourth-order valence-corrected chi connectivity index (χ4v) is 6.04. The van der Waals surface area contributed by atoms with Gasteiger partial charge in [0.15, 0.2) is 0 Å². The molecule has 3 atom stereocenters. The van der Waals surface area contributed by atoms with Gasteiger partial charge < -0.3 is 9.84 Å². The quantitative estimate of drug-likeness (QED) is 0.468. The van der Waals surface area contributed by atoms with Crippen molar-refractivity contribution in [3.8, 4) is 0 Å². The zero-order chi connectivity index (χ0) is 23.2. The molecule has 0 amide bonds. The van der Waals surface area contributed by atoms with Crippen LogP contribution in [0.2, 0.25) is 0 Å². The van der Waals surface area contributed by atoms with Gasteiger partial charge in [0.05, 0.1) is 35.5 Å². The van der Waals surface area contributed by atoms with Crippen LogP contribution in [0.4, 0.5) is 4.39 Å². The minimum absolute atomic E-state index is 0.0782. The average Bonchev–Trinajstić information content (AvgIpc) is 2.75. The topological polar surface area (TPSA) is 122 Å². The van der Waals surface area contributed by atoms with E-state index in [9.17, 15) is 26.3 Å². The number of rotatable bonds is 10. The SMILES string of the molecule is O=S(=O)(Cc1ccccc1)NCC[C@@H]1CC[C@H](NS(=O)(=O)c2ccc(F)cc2)[C@H](CO)O1. The molecule has 1 aliphatic heterocycles. The van der Waals surface area contributed by atoms with Gasteiger partial charge in [0.1, 0.15) is 5.82 Å². The number of hydrogen-bond acceptors (Lipinski definition) is 6. The summed E-state index contributed by atoms with van der Waals surface area (Å²) in [7, 11) is -7.40. The molecule has 0 aromatic heterocycles. The summed E-state index contributed by atoms with van der Waals surface area (Å²) in [5.74, 6) is -0.660. The Hall–Kier alpha value is -1.89. The summed E-state index contributed by atoms with van der Waals surface area (Å²) in [6.07, 6.45) is 0.200. The lowest BCUT2D eigenvalue weighted by Crippen LogP contribution is -2.51. The molecule has 1 saturated heterocycles. The first-order valence-electron chi connectivity index (χ1n) is 10.2. The van der Waals surface area contributed by atoms with Gasteiger partial charge in [-0.1, -0.05) is 30.3 Å². The zero-order valence-corrected chi connectivity index (χ0v) is 19.0. The number of aliphatic hydroxyl groups is 1. The zero-order valence-electron chi connectivity index (χ0n) is 17.4. The van der Waals surface area contributed by atoms with Gasteiger partial charge in [0.25, 0.3) is 0 Å². The molecule has 0 aliphatic carbocycles. The van der Waals surface area contributed by atoms with Crippen molar-refractivity contribution in [1.82, 2.24) is 9.44 Å². The minimum atomic E-state index is -3.90. The molecule has 176 valence electrons. The molecule has 2 aromatic rings. The van der Waals surface area contributed by atoms with Gasteiger partial charge in [0, 0.05) is 6.54 Å². The molecule has 1 heterocycles. The first-order valence-corrected chi connectivity index (χ1v) is 13.4. The van der Waals surface area contributed by atoms with Crippen molar-refractivity contribution >= 4 is 20.0 Å². The van der Waals surface area contributed by atoms with Crippen LogP contribution >= 0.6 is 0 Å². The molecule has 0 bridgehead atoms. The van der Waals surface area contributed by atoms with E-state index in [1.165, 1.54) is 12.1 Å². The molecule has 0 unspecified atom stereocenters. The van der Waals surface area contributed by atoms with E-state index in [4.69, 9.17) is 4.74 Å². The molecule has 2 aromatic carbocycles. The van der Waals surface area contributed by atoms with Crippen molar-refractivity contribution in [3.05, 3.63) is 66.0 Å². The highest BCUT2D eigenvalue weighted by Gasteiger charge is 2.34. The molecule has 32 heavy (non-hydrogen) atoms. The third-order valence-electron chi connectivity index (χ3n) is 5.21. The van der Waals surface area contributed by atoms with Crippen LogP contribution in [0.15, 0.2) is 59.5 Å². The third-order valence-corrected chi connectivity index (χ3v) is 8.08. The van der Waals surface area contributed by atoms with Crippen molar-refractivity contribution < 1.29 is 31.1 Å². The first kappa shape index (κ1) is 24.7. The lowest BCUT2D eigenvalue weighted by Gasteiger charge is -2.36. The van der Waals surface area contributed by atoms with Crippen molar-refractivity contribution in [3.63, 3.8) is 0 Å². The molecule has 3 N–H and O–H groups in total. The fourth-order valence-electron chi connectivity index (χ4n) is 3.58. The highest BCUT2D eigenvalue weighted by Crippen LogP contribution is 2.23. The van der Waals surface area contributed by atoms with Crippen LogP contribution in [-0.2, 0) is 30.5 Å². The van der Waals surface area contributed by atoms with Crippen LogP contribution in [0, 0.1) is 5.82 Å². The van der Waals surface area contributed by atoms with E-state index in [1.807, 2.05) is 6.07 Å². The maximum Gasteiger partial charge on any atom is 0.240 e. The van der Waals surface area contributed by atoms with Gasteiger partial charge >= 0.3 is 0 Å². The number of benzene rings is 2. The number of sulfonamides is 2. The smallest absolute Gasteiger partial charge is 0.240 e. The second-order valence-electron chi connectivity index (χ2n) is 7.67. The molecule has 3 rings (SSSR count). The van der Waals surface area contributed by atoms with Crippen LogP contribution in [0.3, 0.4) is 0 Å². The maximum atomic E-state index is 13.1. The Morgan fingerprint density at radius 3 is 2.34 bits per heavy atom. The van der Waals surface area contributed by atoms with Crippen molar-refractivity contribution in [2.45, 2.75) is 48.2 Å². The normalized spacial score (nSPS) is 22.0. The Kier molecular flexibility index (Phi) is 8.37. The standard InChI is InChI=1S/C21H27FN2O6S2/c22-17-6-9-19(10-7-17)32(28,29)24-20-11-8-18(30-21(20)14-25)12-13-23-31(26,27)15-16-4-2-1-3-5-16/h1-7,9-10,18,20-21,23-25H,8,11-15H2/t18-,20-,21-/m0/s1. The second kappa shape index (κ2) is 10.8. The van der Waals surface area contributed by atoms with E-state index in [-0.39, 0.29) is 23.3 Å². The monoisotopic (exact) mass is 486 g/mol. The van der Waals surface area contributed by atoms with Crippen LogP contribution in [-0.4, -0.2) is 53.3 Å². The summed E-state index contributed by atoms with van der Waals surface area (Å²) in [4.78, 5) is -0.0782. The minimum Gasteiger partial charge on any atom is -0.394 e. The average molecular weight is 487 g/mol. The molecular formula is C21H27FN2O6S2. The summed E-state index contributed by atoms with van der Waals surface area (Å²) in [6.45, 7) is -0.225. The van der Waals surface area contributed by atoms with Gasteiger partial charge in [-0.2, -0.15) is 0 Å². The fraction of sp³-hybridized carbons (Fsp3) is 0.429. The summed E-state index contributed by atoms with van der Waals surface area (Å²) in [6, 6.07) is 12.6. The van der Waals surface area contributed by atoms with E-state index >= 15 is 0 Å². The Balaban J connectivity index is 1.50. The molecular weight excluding hydrogens is 459 g/mol. The van der Waals surface area contributed by atoms with E-state index in [0.717, 1.165) is 12.1 Å². The van der Waals surface area contributed by atoms with Crippen LogP contribution in [0.1, 0.15) is 24.8 Å². The van der Waals surface area contributed by atoms with Crippen LogP contribution in [0.25, 0.3) is 0 Å². The van der Waals surface area contributed by atoms with Crippen molar-refractivity contribution in [1.29, 1.82) is 0 Å². The Labute approximate surface area is 187 Å². The van der Waals surface area contributed by atoms with E-state index in [2.05, 4.69) is 9.44 Å². The predicted octanol–water partition coefficient (Wildman–Crippen LogP) is 1.52. The first-order chi connectivity index (χ1) is 15.2. The van der Waals surface area contributed by atoms with Gasteiger partial charge in [-0.3, -0.25) is 0 Å². The molecule has 1 fully saturated rings. The van der Waals surface area contributed by atoms with E-state index in [1.54, 1.807) is 24.3 Å². The van der Waals surface area contributed by atoms with Gasteiger partial charge in [-0.05, 0) is 49.1 Å². The van der Waals surface area contributed by atoms with Gasteiger partial charge in [-0.15, -0.1) is 0 Å². The molecule has 0 radical (unpaired) electrons. The maximum absolute atomic E-state index is 13.1. The Morgan fingerprint density at radius 1 is 1.00 bits per heavy atom. The third kappa shape index (κ3) is 7.06. The lowest BCUT2D eigenvalue weighted by molar-refractivity contribution is -0.0869. The van der Waals surface area contributed by atoms with Crippen molar-refractivity contribution in [2.75, 3.05) is 13.2 Å². The number of halogens is 1. The summed E-state index contributed by atoms with van der Waals surface area (Å²) in [5.41, 5.74) is 0.686. The second-order valence-corrected chi connectivity index (χ2v) is 11.2. The van der Waals surface area contributed by atoms with Crippen LogP contribution in [0.5, 0.6) is 0 Å². The van der Waals surface area contributed by atoms with E-state index < -0.39 is 44.6 Å². The summed E-state index contributed by atoms with van der Waals surface area (Å²) >= 11 is 0. The number of hydrogen-bond donors (Lipinski definition) is 3. The Bertz CT molecular complexity index is 1080. The highest BCUT2D eigenvalue weighted by molar-refractivity contribution is 7.89. The molecule has 0 saturated carbocycles. The van der Waals surface area contributed by atoms with Crippen molar-refractivity contribution in [2.24, 2.45) is 0 Å². The van der Waals surface area contributed by atoms with Crippen LogP contribution < -0.4 is 9.44 Å². The molecule has 11 heteroatoms. The lowest BCUT2D eigenvalue weighted by atomic mass is 9.98. The summed E-state index contributed by atoms with van der Waals surface area (Å²) in [5, 5.41) is 9.68. The van der Waals surface area contributed by atoms with Gasteiger partial charge in [0.2, 0.25) is 20.0 Å². The van der Waals surface area contributed by atoms with E-state index in [0.29, 0.717) is 24.8 Å². The molecule has 0 spiro atoms. The number of ether oxygens (including phenoxy) is 1. The number of aliphatic hydroxyl groups excluding tert-OH is 1. The summed E-state index contributed by atoms with van der Waals surface area (Å²) < 4.78 is 73.5. The van der Waals surface area contributed by atoms with Gasteiger partial charge in [-0.25, -0.2) is 30.7 Å². The Morgan fingerprint density at radius 2 is 1.69 bits per heavy atom. The highest BCUT2D eigenvalue weighted by atomic mass is 32.2. The predicted molar refractivity (Wildman–Crippen MR) is 117 cm³/mol.